The van der Waals surface area contributed by atoms with Gasteiger partial charge in [0, 0.05) is 5.54 Å². The van der Waals surface area contributed by atoms with Crippen molar-refractivity contribution in [3.63, 3.8) is 0 Å². The van der Waals surface area contributed by atoms with E-state index in [-0.39, 0.29) is 4.90 Å². The SMILES string of the molecule is CC(C)(C)N(C(=O)[O-])C(Cl)C(F)(F)F. The lowest BCUT2D eigenvalue weighted by atomic mass is 10.1. The summed E-state index contributed by atoms with van der Waals surface area (Å²) in [6.45, 7) is 3.89. The molecule has 0 spiro atoms. The molecular weight excluding hydrogens is 223 g/mol. The summed E-state index contributed by atoms with van der Waals surface area (Å²) < 4.78 is 36.4. The molecule has 0 saturated heterocycles. The van der Waals surface area contributed by atoms with Crippen LogP contribution in [0.3, 0.4) is 0 Å². The van der Waals surface area contributed by atoms with Crippen LogP contribution < -0.4 is 5.11 Å². The fourth-order valence-corrected chi connectivity index (χ4v) is 1.23. The number of hydrogen-bond acceptors (Lipinski definition) is 2. The molecule has 0 aliphatic rings. The molecule has 0 aromatic rings. The molecule has 0 heterocycles. The fourth-order valence-electron chi connectivity index (χ4n) is 0.853. The Bertz CT molecular complexity index is 224. The number of halogens is 4. The Balaban J connectivity index is 4.96. The first kappa shape index (κ1) is 13.4. The van der Waals surface area contributed by atoms with Crippen LogP contribution in [0.25, 0.3) is 0 Å². The number of hydrogen-bond donors (Lipinski definition) is 0. The average Bonchev–Trinajstić information content (AvgIpc) is 1.79. The Labute approximate surface area is 84.4 Å². The Kier molecular flexibility index (Phi) is 3.66. The average molecular weight is 233 g/mol. The molecule has 0 rings (SSSR count). The van der Waals surface area contributed by atoms with E-state index >= 15 is 0 Å². The molecule has 1 atom stereocenters. The summed E-state index contributed by atoms with van der Waals surface area (Å²) in [5.41, 5.74) is -3.85. The second-order valence-corrected chi connectivity index (χ2v) is 4.10. The highest BCUT2D eigenvalue weighted by Gasteiger charge is 2.46. The van der Waals surface area contributed by atoms with Gasteiger partial charge in [-0.15, -0.1) is 0 Å². The van der Waals surface area contributed by atoms with Crippen LogP contribution in [-0.4, -0.2) is 28.2 Å². The predicted molar refractivity (Wildman–Crippen MR) is 42.7 cm³/mol. The lowest BCUT2D eigenvalue weighted by molar-refractivity contribution is -0.281. The van der Waals surface area contributed by atoms with Crippen LogP contribution in [0, 0.1) is 0 Å². The molecule has 0 aliphatic carbocycles. The van der Waals surface area contributed by atoms with Crippen LogP contribution in [0.15, 0.2) is 0 Å². The van der Waals surface area contributed by atoms with Gasteiger partial charge in [-0.2, -0.15) is 13.2 Å². The Hall–Kier alpha value is -0.650. The molecule has 0 bridgehead atoms. The van der Waals surface area contributed by atoms with Gasteiger partial charge in [-0.25, -0.2) is 0 Å². The van der Waals surface area contributed by atoms with Crippen molar-refractivity contribution in [2.45, 2.75) is 38.0 Å². The largest absolute Gasteiger partial charge is 0.530 e. The van der Waals surface area contributed by atoms with Crippen LogP contribution in [-0.2, 0) is 0 Å². The van der Waals surface area contributed by atoms with Gasteiger partial charge in [0.25, 0.3) is 0 Å². The maximum atomic E-state index is 12.1. The minimum atomic E-state index is -4.81. The third kappa shape index (κ3) is 3.25. The molecule has 0 aromatic heterocycles. The summed E-state index contributed by atoms with van der Waals surface area (Å²) in [5, 5.41) is 10.5. The van der Waals surface area contributed by atoms with Crippen LogP contribution in [0.5, 0.6) is 0 Å². The number of alkyl halides is 4. The molecule has 3 nitrogen and oxygen atoms in total. The van der Waals surface area contributed by atoms with Gasteiger partial charge in [-0.3, -0.25) is 0 Å². The summed E-state index contributed by atoms with van der Waals surface area (Å²) in [4.78, 5) is 10.5. The van der Waals surface area contributed by atoms with Crippen LogP contribution in [0.1, 0.15) is 20.8 Å². The van der Waals surface area contributed by atoms with Crippen molar-refractivity contribution in [1.82, 2.24) is 4.90 Å². The second-order valence-electron chi connectivity index (χ2n) is 3.68. The minimum Gasteiger partial charge on any atom is -0.530 e. The number of amides is 1. The first-order chi connectivity index (χ1) is 5.98. The number of carbonyl (C=O) groups excluding carboxylic acids is 1. The topological polar surface area (TPSA) is 43.4 Å². The molecule has 14 heavy (non-hydrogen) atoms. The third-order valence-corrected chi connectivity index (χ3v) is 1.86. The standard InChI is InChI=1S/C7H11ClF3NO2/c1-6(2,3)12(5(13)14)4(8)7(9,10)11/h4H,1-3H3,(H,13,14)/p-1. The van der Waals surface area contributed by atoms with Crippen molar-refractivity contribution < 1.29 is 23.1 Å². The smallest absolute Gasteiger partial charge is 0.423 e. The molecule has 7 heteroatoms. The number of nitrogens with zero attached hydrogens (tertiary/aromatic N) is 1. The summed E-state index contributed by atoms with van der Waals surface area (Å²) >= 11 is 4.98. The number of rotatable bonds is 1. The van der Waals surface area contributed by atoms with E-state index in [2.05, 4.69) is 0 Å². The van der Waals surface area contributed by atoms with E-state index < -0.39 is 23.3 Å². The molecule has 0 radical (unpaired) electrons. The lowest BCUT2D eigenvalue weighted by Gasteiger charge is -2.41. The van der Waals surface area contributed by atoms with Crippen LogP contribution in [0.2, 0.25) is 0 Å². The zero-order valence-electron chi connectivity index (χ0n) is 7.85. The first-order valence-electron chi connectivity index (χ1n) is 3.69. The Morgan fingerprint density at radius 1 is 1.36 bits per heavy atom. The van der Waals surface area contributed by atoms with E-state index in [9.17, 15) is 23.1 Å². The number of carbonyl (C=O) groups is 1. The molecule has 0 N–H and O–H groups in total. The lowest BCUT2D eigenvalue weighted by Crippen LogP contribution is -2.58. The minimum absolute atomic E-state index is 0.0502. The summed E-state index contributed by atoms with van der Waals surface area (Å²) in [6.07, 6.45) is -6.76. The highest BCUT2D eigenvalue weighted by atomic mass is 35.5. The van der Waals surface area contributed by atoms with E-state index in [1.807, 2.05) is 0 Å². The van der Waals surface area contributed by atoms with Crippen molar-refractivity contribution >= 4 is 17.7 Å². The normalized spacial score (nSPS) is 15.1. The van der Waals surface area contributed by atoms with Gasteiger partial charge in [0.2, 0.25) is 5.50 Å². The second kappa shape index (κ2) is 3.84. The predicted octanol–water partition coefficient (Wildman–Crippen LogP) is 1.56. The van der Waals surface area contributed by atoms with Crippen molar-refractivity contribution in [2.75, 3.05) is 0 Å². The zero-order chi connectivity index (χ0) is 11.7. The monoisotopic (exact) mass is 232 g/mol. The van der Waals surface area contributed by atoms with E-state index in [1.54, 1.807) is 0 Å². The van der Waals surface area contributed by atoms with Gasteiger partial charge in [0.1, 0.15) is 6.09 Å². The summed E-state index contributed by atoms with van der Waals surface area (Å²) in [7, 11) is 0. The van der Waals surface area contributed by atoms with Gasteiger partial charge in [-0.05, 0) is 20.8 Å². The van der Waals surface area contributed by atoms with Gasteiger partial charge < -0.3 is 14.8 Å². The van der Waals surface area contributed by atoms with E-state index in [1.165, 1.54) is 20.8 Å². The molecule has 0 aromatic carbocycles. The Morgan fingerprint density at radius 3 is 1.79 bits per heavy atom. The van der Waals surface area contributed by atoms with Gasteiger partial charge in [0.05, 0.1) is 0 Å². The zero-order valence-corrected chi connectivity index (χ0v) is 8.61. The van der Waals surface area contributed by atoms with Gasteiger partial charge in [-0.1, -0.05) is 11.6 Å². The quantitative estimate of drug-likeness (QED) is 0.509. The maximum absolute atomic E-state index is 12.1. The molecule has 84 valence electrons. The van der Waals surface area contributed by atoms with Crippen molar-refractivity contribution in [1.29, 1.82) is 0 Å². The fraction of sp³-hybridized carbons (Fsp3) is 0.857. The number of carboxylic acid groups (broad SMARTS) is 1. The van der Waals surface area contributed by atoms with E-state index in [0.29, 0.717) is 0 Å². The van der Waals surface area contributed by atoms with E-state index in [0.717, 1.165) is 0 Å². The molecule has 0 saturated carbocycles. The summed E-state index contributed by atoms with van der Waals surface area (Å²) in [6, 6.07) is 0. The molecule has 0 fully saturated rings. The molecular formula is C7H10ClF3NO2-. The summed E-state index contributed by atoms with van der Waals surface area (Å²) in [5.74, 6) is 0. The third-order valence-electron chi connectivity index (χ3n) is 1.42. The molecule has 1 amide bonds. The molecule has 0 aliphatic heterocycles. The maximum Gasteiger partial charge on any atom is 0.423 e. The Morgan fingerprint density at radius 2 is 1.71 bits per heavy atom. The van der Waals surface area contributed by atoms with Gasteiger partial charge in [0.15, 0.2) is 0 Å². The van der Waals surface area contributed by atoms with Crippen LogP contribution in [0.4, 0.5) is 18.0 Å². The first-order valence-corrected chi connectivity index (χ1v) is 4.12. The van der Waals surface area contributed by atoms with Gasteiger partial charge >= 0.3 is 6.18 Å². The van der Waals surface area contributed by atoms with Crippen molar-refractivity contribution in [2.24, 2.45) is 0 Å². The molecule has 1 unspecified atom stereocenters. The highest BCUT2D eigenvalue weighted by Crippen LogP contribution is 2.31. The highest BCUT2D eigenvalue weighted by molar-refractivity contribution is 6.21. The van der Waals surface area contributed by atoms with Crippen LogP contribution >= 0.6 is 11.6 Å². The van der Waals surface area contributed by atoms with E-state index in [4.69, 9.17) is 11.6 Å². The van der Waals surface area contributed by atoms with Crippen molar-refractivity contribution in [3.05, 3.63) is 0 Å². The van der Waals surface area contributed by atoms with Crippen molar-refractivity contribution in [3.8, 4) is 0 Å².